The summed E-state index contributed by atoms with van der Waals surface area (Å²) < 4.78 is 5.81. The highest BCUT2D eigenvalue weighted by atomic mass is 16.5. The lowest BCUT2D eigenvalue weighted by molar-refractivity contribution is -0.119. The van der Waals surface area contributed by atoms with Crippen LogP contribution in [0.15, 0.2) is 18.2 Å². The first-order chi connectivity index (χ1) is 8.34. The van der Waals surface area contributed by atoms with Crippen molar-refractivity contribution in [3.05, 3.63) is 23.8 Å². The van der Waals surface area contributed by atoms with Gasteiger partial charge >= 0.3 is 0 Å². The fourth-order valence-electron chi connectivity index (χ4n) is 2.62. The number of hydrogen-bond acceptors (Lipinski definition) is 3. The van der Waals surface area contributed by atoms with Gasteiger partial charge in [0.2, 0.25) is 0 Å². The molecule has 0 saturated carbocycles. The van der Waals surface area contributed by atoms with E-state index in [1.54, 1.807) is 0 Å². The molecule has 3 nitrogen and oxygen atoms in total. The molecule has 0 unspecified atom stereocenters. The largest absolute Gasteiger partial charge is 0.491 e. The average Bonchev–Trinajstić information content (AvgIpc) is 2.39. The number of carbonyl (C=O) groups excluding carboxylic acids is 1. The lowest BCUT2D eigenvalue weighted by Gasteiger charge is -2.31. The van der Waals surface area contributed by atoms with Crippen LogP contribution in [0.2, 0.25) is 0 Å². The number of aryl methyl sites for hydroxylation is 1. The van der Waals surface area contributed by atoms with Crippen LogP contribution in [-0.2, 0) is 11.2 Å². The predicted octanol–water partition coefficient (Wildman–Crippen LogP) is 2.18. The summed E-state index contributed by atoms with van der Waals surface area (Å²) in [4.78, 5) is 13.6. The Labute approximate surface area is 101 Å². The van der Waals surface area contributed by atoms with E-state index in [-0.39, 0.29) is 0 Å². The van der Waals surface area contributed by atoms with Gasteiger partial charge in [0.25, 0.3) is 0 Å². The maximum absolute atomic E-state index is 11.3. The highest BCUT2D eigenvalue weighted by molar-refractivity contribution is 5.81. The molecular weight excluding hydrogens is 214 g/mol. The smallest absolute Gasteiger partial charge is 0.145 e. The number of para-hydroxylation sites is 1. The fourth-order valence-corrected chi connectivity index (χ4v) is 2.62. The zero-order valence-electron chi connectivity index (χ0n) is 9.95. The van der Waals surface area contributed by atoms with E-state index >= 15 is 0 Å². The Hall–Kier alpha value is -1.51. The van der Waals surface area contributed by atoms with Gasteiger partial charge in [0.05, 0.1) is 12.3 Å². The first kappa shape index (κ1) is 10.6. The summed E-state index contributed by atoms with van der Waals surface area (Å²) in [6, 6.07) is 6.35. The Balaban J connectivity index is 1.89. The lowest BCUT2D eigenvalue weighted by atomic mass is 10.0. The third-order valence-electron chi connectivity index (χ3n) is 3.57. The van der Waals surface area contributed by atoms with Crippen LogP contribution in [0.1, 0.15) is 24.8 Å². The van der Waals surface area contributed by atoms with E-state index in [4.69, 9.17) is 4.74 Å². The van der Waals surface area contributed by atoms with Crippen LogP contribution in [0.4, 0.5) is 5.69 Å². The van der Waals surface area contributed by atoms with Gasteiger partial charge in [-0.25, -0.2) is 0 Å². The second-order valence-electron chi connectivity index (χ2n) is 4.74. The molecular formula is C14H17NO2. The number of rotatable bonds is 1. The number of Topliss-reactive ketones (excluding diaryl/α,β-unsaturated/α-hetero) is 1. The van der Waals surface area contributed by atoms with Crippen molar-refractivity contribution in [3.63, 3.8) is 0 Å². The Morgan fingerprint density at radius 1 is 1.12 bits per heavy atom. The van der Waals surface area contributed by atoms with Crippen molar-refractivity contribution in [1.29, 1.82) is 0 Å². The molecule has 0 amide bonds. The van der Waals surface area contributed by atoms with Gasteiger partial charge in [-0.15, -0.1) is 0 Å². The number of piperidine rings is 1. The Kier molecular flexibility index (Phi) is 2.75. The molecule has 1 saturated heterocycles. The van der Waals surface area contributed by atoms with Crippen molar-refractivity contribution in [2.24, 2.45) is 0 Å². The van der Waals surface area contributed by atoms with E-state index in [0.717, 1.165) is 38.3 Å². The van der Waals surface area contributed by atoms with Crippen LogP contribution in [0.3, 0.4) is 0 Å². The van der Waals surface area contributed by atoms with Gasteiger partial charge in [-0.1, -0.05) is 12.1 Å². The molecule has 0 aromatic heterocycles. The molecule has 0 spiro atoms. The maximum atomic E-state index is 11.3. The number of ketones is 1. The molecule has 0 N–H and O–H groups in total. The van der Waals surface area contributed by atoms with E-state index in [0.29, 0.717) is 18.6 Å². The van der Waals surface area contributed by atoms with Gasteiger partial charge in [0.1, 0.15) is 11.5 Å². The van der Waals surface area contributed by atoms with Crippen LogP contribution in [0.25, 0.3) is 0 Å². The summed E-state index contributed by atoms with van der Waals surface area (Å²) in [5.74, 6) is 1.43. The van der Waals surface area contributed by atoms with Crippen LogP contribution < -0.4 is 9.64 Å². The quantitative estimate of drug-likeness (QED) is 0.742. The molecule has 1 aromatic rings. The van der Waals surface area contributed by atoms with E-state index in [2.05, 4.69) is 23.1 Å². The van der Waals surface area contributed by atoms with Crippen molar-refractivity contribution in [1.82, 2.24) is 0 Å². The van der Waals surface area contributed by atoms with E-state index in [1.807, 2.05) is 0 Å². The molecule has 17 heavy (non-hydrogen) atoms. The standard InChI is InChI=1S/C14H17NO2/c16-12-6-8-15(9-7-12)13-5-1-3-11-4-2-10-17-14(11)13/h1,3,5H,2,4,6-10H2. The first-order valence-electron chi connectivity index (χ1n) is 6.36. The molecule has 1 aromatic carbocycles. The lowest BCUT2D eigenvalue weighted by Crippen LogP contribution is -2.34. The summed E-state index contributed by atoms with van der Waals surface area (Å²) in [5, 5.41) is 0. The number of hydrogen-bond donors (Lipinski definition) is 0. The minimum atomic E-state index is 0.381. The Morgan fingerprint density at radius 3 is 2.76 bits per heavy atom. The predicted molar refractivity (Wildman–Crippen MR) is 66.7 cm³/mol. The van der Waals surface area contributed by atoms with E-state index in [9.17, 15) is 4.79 Å². The molecule has 2 aliphatic rings. The second-order valence-corrected chi connectivity index (χ2v) is 4.74. The molecule has 3 heteroatoms. The highest BCUT2D eigenvalue weighted by Gasteiger charge is 2.22. The van der Waals surface area contributed by atoms with E-state index in [1.165, 1.54) is 11.3 Å². The molecule has 2 aliphatic heterocycles. The molecule has 0 radical (unpaired) electrons. The molecule has 0 atom stereocenters. The molecule has 90 valence electrons. The van der Waals surface area contributed by atoms with Crippen LogP contribution >= 0.6 is 0 Å². The zero-order valence-corrected chi connectivity index (χ0v) is 9.95. The molecule has 3 rings (SSSR count). The molecule has 1 fully saturated rings. The van der Waals surface area contributed by atoms with Crippen LogP contribution in [-0.4, -0.2) is 25.5 Å². The van der Waals surface area contributed by atoms with Crippen molar-refractivity contribution in [2.45, 2.75) is 25.7 Å². The SMILES string of the molecule is O=C1CCN(c2cccc3c2OCCC3)CC1. The van der Waals surface area contributed by atoms with Gasteiger partial charge in [-0.3, -0.25) is 4.79 Å². The van der Waals surface area contributed by atoms with Gasteiger partial charge < -0.3 is 9.64 Å². The third kappa shape index (κ3) is 2.02. The van der Waals surface area contributed by atoms with E-state index < -0.39 is 0 Å². The number of carbonyl (C=O) groups is 1. The minimum Gasteiger partial charge on any atom is -0.491 e. The number of nitrogens with zero attached hydrogens (tertiary/aromatic N) is 1. The zero-order chi connectivity index (χ0) is 11.7. The summed E-state index contributed by atoms with van der Waals surface area (Å²) >= 11 is 0. The van der Waals surface area contributed by atoms with Gasteiger partial charge in [0.15, 0.2) is 0 Å². The van der Waals surface area contributed by atoms with Gasteiger partial charge in [0, 0.05) is 25.9 Å². The summed E-state index contributed by atoms with van der Waals surface area (Å²) in [6.45, 7) is 2.48. The number of anilines is 1. The second kappa shape index (κ2) is 4.40. The van der Waals surface area contributed by atoms with Crippen molar-refractivity contribution < 1.29 is 9.53 Å². The number of fused-ring (bicyclic) bond motifs is 1. The number of benzene rings is 1. The third-order valence-corrected chi connectivity index (χ3v) is 3.57. The molecule has 2 heterocycles. The van der Waals surface area contributed by atoms with Gasteiger partial charge in [-0.05, 0) is 24.5 Å². The maximum Gasteiger partial charge on any atom is 0.145 e. The van der Waals surface area contributed by atoms with Crippen LogP contribution in [0, 0.1) is 0 Å². The van der Waals surface area contributed by atoms with Crippen LogP contribution in [0.5, 0.6) is 5.75 Å². The van der Waals surface area contributed by atoms with Crippen molar-refractivity contribution in [3.8, 4) is 5.75 Å². The average molecular weight is 231 g/mol. The summed E-state index contributed by atoms with van der Waals surface area (Å²) in [6.07, 6.45) is 3.55. The molecule has 0 bridgehead atoms. The number of ether oxygens (including phenoxy) is 1. The van der Waals surface area contributed by atoms with Crippen molar-refractivity contribution >= 4 is 11.5 Å². The fraction of sp³-hybridized carbons (Fsp3) is 0.500. The Bertz CT molecular complexity index is 432. The minimum absolute atomic E-state index is 0.381. The summed E-state index contributed by atoms with van der Waals surface area (Å²) in [5.41, 5.74) is 2.49. The topological polar surface area (TPSA) is 29.5 Å². The first-order valence-corrected chi connectivity index (χ1v) is 6.36. The summed E-state index contributed by atoms with van der Waals surface area (Å²) in [7, 11) is 0. The normalized spacial score (nSPS) is 19.8. The monoisotopic (exact) mass is 231 g/mol. The van der Waals surface area contributed by atoms with Gasteiger partial charge in [-0.2, -0.15) is 0 Å². The Morgan fingerprint density at radius 2 is 1.94 bits per heavy atom. The highest BCUT2D eigenvalue weighted by Crippen LogP contribution is 2.36. The molecule has 0 aliphatic carbocycles. The van der Waals surface area contributed by atoms with Crippen molar-refractivity contribution in [2.75, 3.05) is 24.6 Å².